The molecule has 1 rings (SSSR count). The van der Waals surface area contributed by atoms with Crippen LogP contribution in [0.15, 0.2) is 24.3 Å². The number of ether oxygens (including phenoxy) is 1. The fourth-order valence-corrected chi connectivity index (χ4v) is 1.07. The van der Waals surface area contributed by atoms with Crippen LogP contribution in [0.2, 0.25) is 0 Å². The predicted molar refractivity (Wildman–Crippen MR) is 65.3 cm³/mol. The van der Waals surface area contributed by atoms with Crippen LogP contribution >= 0.6 is 0 Å². The van der Waals surface area contributed by atoms with E-state index in [9.17, 15) is 14.4 Å². The molecular weight excluding hydrogens is 252 g/mol. The minimum Gasteiger partial charge on any atom is -0.484 e. The van der Waals surface area contributed by atoms with Crippen molar-refractivity contribution in [1.29, 1.82) is 0 Å². The Balaban J connectivity index is 2.30. The molecule has 0 bridgehead atoms. The summed E-state index contributed by atoms with van der Waals surface area (Å²) in [5.41, 5.74) is 6.55. The molecule has 0 aliphatic rings. The molecule has 8 nitrogen and oxygen atoms in total. The summed E-state index contributed by atoms with van der Waals surface area (Å²) >= 11 is 0. The van der Waals surface area contributed by atoms with Crippen molar-refractivity contribution in [3.63, 3.8) is 0 Å². The van der Waals surface area contributed by atoms with Gasteiger partial charge < -0.3 is 4.74 Å². The van der Waals surface area contributed by atoms with Gasteiger partial charge in [-0.05, 0) is 19.1 Å². The standard InChI is InChI=1S/C11H14N4O4/c1-7-2-4-8(5-3-7)19-6-9(16)14-15-11(18)10(17)13-12/h2-5H,6,12H2,1H3,(H,13,17)(H,14,16)(H,15,18). The lowest BCUT2D eigenvalue weighted by Gasteiger charge is -2.08. The number of amides is 3. The average Bonchev–Trinajstić information content (AvgIpc) is 2.43. The lowest BCUT2D eigenvalue weighted by Crippen LogP contribution is -2.51. The zero-order valence-corrected chi connectivity index (χ0v) is 10.2. The number of hydrazine groups is 2. The molecule has 0 heterocycles. The number of hydrogen-bond acceptors (Lipinski definition) is 5. The van der Waals surface area contributed by atoms with Gasteiger partial charge in [0, 0.05) is 0 Å². The predicted octanol–water partition coefficient (Wildman–Crippen LogP) is -1.49. The van der Waals surface area contributed by atoms with Gasteiger partial charge in [-0.15, -0.1) is 0 Å². The molecule has 1 aromatic rings. The molecule has 1 aromatic carbocycles. The summed E-state index contributed by atoms with van der Waals surface area (Å²) in [5, 5.41) is 0. The second-order valence-corrected chi connectivity index (χ2v) is 3.58. The molecular formula is C11H14N4O4. The van der Waals surface area contributed by atoms with Gasteiger partial charge in [-0.25, -0.2) is 5.84 Å². The average molecular weight is 266 g/mol. The summed E-state index contributed by atoms with van der Waals surface area (Å²) in [5.74, 6) is 2.49. The summed E-state index contributed by atoms with van der Waals surface area (Å²) in [6.45, 7) is 1.63. The minimum absolute atomic E-state index is 0.298. The molecule has 0 saturated heterocycles. The molecule has 0 spiro atoms. The Morgan fingerprint density at radius 3 is 2.32 bits per heavy atom. The highest BCUT2D eigenvalue weighted by molar-refractivity contribution is 6.34. The van der Waals surface area contributed by atoms with Crippen molar-refractivity contribution in [1.82, 2.24) is 16.3 Å². The van der Waals surface area contributed by atoms with E-state index in [1.54, 1.807) is 17.6 Å². The number of nitrogens with one attached hydrogen (secondary N) is 3. The molecule has 0 aliphatic carbocycles. The maximum absolute atomic E-state index is 11.3. The fraction of sp³-hybridized carbons (Fsp3) is 0.182. The monoisotopic (exact) mass is 266 g/mol. The van der Waals surface area contributed by atoms with Gasteiger partial charge in [-0.2, -0.15) is 0 Å². The van der Waals surface area contributed by atoms with Crippen LogP contribution in [-0.4, -0.2) is 24.3 Å². The second-order valence-electron chi connectivity index (χ2n) is 3.58. The maximum Gasteiger partial charge on any atom is 0.329 e. The number of carbonyl (C=O) groups is 3. The van der Waals surface area contributed by atoms with E-state index in [0.717, 1.165) is 5.56 Å². The van der Waals surface area contributed by atoms with Crippen LogP contribution in [0.25, 0.3) is 0 Å². The van der Waals surface area contributed by atoms with Crippen molar-refractivity contribution in [3.05, 3.63) is 29.8 Å². The minimum atomic E-state index is -1.08. The van der Waals surface area contributed by atoms with Crippen molar-refractivity contribution < 1.29 is 19.1 Å². The SMILES string of the molecule is Cc1ccc(OCC(=O)NNC(=O)C(=O)NN)cc1. The lowest BCUT2D eigenvalue weighted by molar-refractivity contribution is -0.141. The third-order valence-corrected chi connectivity index (χ3v) is 2.04. The van der Waals surface area contributed by atoms with Gasteiger partial charge in [0.1, 0.15) is 5.75 Å². The van der Waals surface area contributed by atoms with Crippen LogP contribution < -0.4 is 26.9 Å². The number of carbonyl (C=O) groups excluding carboxylic acids is 3. The molecule has 0 unspecified atom stereocenters. The van der Waals surface area contributed by atoms with Crippen LogP contribution in [0.1, 0.15) is 5.56 Å². The van der Waals surface area contributed by atoms with E-state index < -0.39 is 17.7 Å². The van der Waals surface area contributed by atoms with E-state index in [2.05, 4.69) is 0 Å². The summed E-state index contributed by atoms with van der Waals surface area (Å²) in [6.07, 6.45) is 0. The van der Waals surface area contributed by atoms with Crippen molar-refractivity contribution >= 4 is 17.7 Å². The molecule has 0 atom stereocenters. The van der Waals surface area contributed by atoms with E-state index in [4.69, 9.17) is 10.6 Å². The van der Waals surface area contributed by atoms with Gasteiger partial charge >= 0.3 is 11.8 Å². The summed E-state index contributed by atoms with van der Waals surface area (Å²) in [6, 6.07) is 7.09. The Bertz CT molecular complexity index is 472. The zero-order chi connectivity index (χ0) is 14.3. The van der Waals surface area contributed by atoms with Crippen LogP contribution in [0, 0.1) is 6.92 Å². The summed E-state index contributed by atoms with van der Waals surface area (Å²) < 4.78 is 5.15. The summed E-state index contributed by atoms with van der Waals surface area (Å²) in [4.78, 5) is 32.9. The maximum atomic E-state index is 11.3. The van der Waals surface area contributed by atoms with Crippen molar-refractivity contribution in [2.24, 2.45) is 5.84 Å². The van der Waals surface area contributed by atoms with Crippen molar-refractivity contribution in [3.8, 4) is 5.75 Å². The van der Waals surface area contributed by atoms with E-state index >= 15 is 0 Å². The van der Waals surface area contributed by atoms with Gasteiger partial charge in [0.25, 0.3) is 5.91 Å². The first kappa shape index (κ1) is 14.5. The molecule has 0 saturated carbocycles. The van der Waals surface area contributed by atoms with E-state index in [-0.39, 0.29) is 6.61 Å². The normalized spacial score (nSPS) is 9.37. The molecule has 3 amide bonds. The third-order valence-electron chi connectivity index (χ3n) is 2.04. The van der Waals surface area contributed by atoms with Crippen LogP contribution in [-0.2, 0) is 14.4 Å². The van der Waals surface area contributed by atoms with Crippen LogP contribution in [0.4, 0.5) is 0 Å². The largest absolute Gasteiger partial charge is 0.484 e. The van der Waals surface area contributed by atoms with Gasteiger partial charge in [-0.3, -0.25) is 30.7 Å². The quantitative estimate of drug-likeness (QED) is 0.230. The molecule has 0 aromatic heterocycles. The Kier molecular flexibility index (Phi) is 5.30. The molecule has 0 aliphatic heterocycles. The number of rotatable bonds is 3. The Morgan fingerprint density at radius 1 is 1.11 bits per heavy atom. The second kappa shape index (κ2) is 6.97. The first-order valence-corrected chi connectivity index (χ1v) is 5.32. The topological polar surface area (TPSA) is 123 Å². The van der Waals surface area contributed by atoms with Crippen LogP contribution in [0.3, 0.4) is 0 Å². The molecule has 0 radical (unpaired) electrons. The number of benzene rings is 1. The number of aryl methyl sites for hydroxylation is 1. The van der Waals surface area contributed by atoms with E-state index in [1.165, 1.54) is 0 Å². The smallest absolute Gasteiger partial charge is 0.329 e. The highest BCUT2D eigenvalue weighted by atomic mass is 16.5. The number of nitrogens with two attached hydrogens (primary N) is 1. The molecule has 102 valence electrons. The Hall–Kier alpha value is -2.61. The third kappa shape index (κ3) is 5.04. The molecule has 19 heavy (non-hydrogen) atoms. The van der Waals surface area contributed by atoms with Crippen molar-refractivity contribution in [2.45, 2.75) is 6.92 Å². The first-order chi connectivity index (χ1) is 9.02. The van der Waals surface area contributed by atoms with E-state index in [0.29, 0.717) is 5.75 Å². The fourth-order valence-electron chi connectivity index (χ4n) is 1.07. The lowest BCUT2D eigenvalue weighted by atomic mass is 10.2. The van der Waals surface area contributed by atoms with Gasteiger partial charge in [0.2, 0.25) is 0 Å². The molecule has 8 heteroatoms. The highest BCUT2D eigenvalue weighted by Crippen LogP contribution is 2.10. The Labute approximate surface area is 109 Å². The molecule has 0 fully saturated rings. The molecule has 5 N–H and O–H groups in total. The summed E-state index contributed by atoms with van der Waals surface area (Å²) in [7, 11) is 0. The van der Waals surface area contributed by atoms with Crippen molar-refractivity contribution in [2.75, 3.05) is 6.61 Å². The van der Waals surface area contributed by atoms with Gasteiger partial charge in [0.15, 0.2) is 6.61 Å². The van der Waals surface area contributed by atoms with E-state index in [1.807, 2.05) is 29.9 Å². The zero-order valence-electron chi connectivity index (χ0n) is 10.2. The highest BCUT2D eigenvalue weighted by Gasteiger charge is 2.12. The van der Waals surface area contributed by atoms with Gasteiger partial charge in [-0.1, -0.05) is 17.7 Å². The Morgan fingerprint density at radius 2 is 1.74 bits per heavy atom. The number of hydrogen-bond donors (Lipinski definition) is 4. The van der Waals surface area contributed by atoms with Crippen LogP contribution in [0.5, 0.6) is 5.75 Å². The first-order valence-electron chi connectivity index (χ1n) is 5.32. The van der Waals surface area contributed by atoms with Gasteiger partial charge in [0.05, 0.1) is 0 Å².